The number of nitrogens with zero attached hydrogens (tertiary/aromatic N) is 1. The summed E-state index contributed by atoms with van der Waals surface area (Å²) in [6.07, 6.45) is 0.676. The maximum absolute atomic E-state index is 13.1. The second-order valence-electron chi connectivity index (χ2n) is 4.80. The monoisotopic (exact) mass is 320 g/mol. The third kappa shape index (κ3) is 3.07. The molecule has 0 bridgehead atoms. The Balaban J connectivity index is 1.90. The van der Waals surface area contributed by atoms with Gasteiger partial charge in [-0.25, -0.2) is 9.37 Å². The van der Waals surface area contributed by atoms with Crippen LogP contribution in [-0.4, -0.2) is 12.0 Å². The van der Waals surface area contributed by atoms with Gasteiger partial charge in [-0.15, -0.1) is 11.3 Å². The Hall–Kier alpha value is -1.49. The summed E-state index contributed by atoms with van der Waals surface area (Å²) in [5, 5.41) is 4.73. The minimum Gasteiger partial charge on any atom is -0.311 e. The first kappa shape index (κ1) is 14.4. The Morgan fingerprint density at radius 3 is 2.81 bits per heavy atom. The van der Waals surface area contributed by atoms with Gasteiger partial charge in [-0.2, -0.15) is 0 Å². The normalized spacial score (nSPS) is 12.7. The number of hydrogen-bond donors (Lipinski definition) is 1. The number of fused-ring (bicyclic) bond motifs is 1. The Labute approximate surface area is 131 Å². The van der Waals surface area contributed by atoms with Crippen molar-refractivity contribution >= 4 is 33.2 Å². The van der Waals surface area contributed by atoms with Crippen LogP contribution in [0.25, 0.3) is 10.2 Å². The first-order valence-corrected chi connectivity index (χ1v) is 7.83. The van der Waals surface area contributed by atoms with Crippen molar-refractivity contribution in [1.29, 1.82) is 0 Å². The van der Waals surface area contributed by atoms with Gasteiger partial charge in [-0.3, -0.25) is 0 Å². The van der Waals surface area contributed by atoms with E-state index in [9.17, 15) is 4.39 Å². The van der Waals surface area contributed by atoms with Gasteiger partial charge in [0.1, 0.15) is 10.8 Å². The van der Waals surface area contributed by atoms with Gasteiger partial charge >= 0.3 is 0 Å². The van der Waals surface area contributed by atoms with Crippen LogP contribution in [-0.2, 0) is 6.42 Å². The third-order valence-corrected chi connectivity index (χ3v) is 4.90. The van der Waals surface area contributed by atoms with Crippen LogP contribution in [0.1, 0.15) is 16.6 Å². The van der Waals surface area contributed by atoms with Crippen LogP contribution in [0.4, 0.5) is 4.39 Å². The van der Waals surface area contributed by atoms with E-state index in [-0.39, 0.29) is 11.9 Å². The molecule has 1 N–H and O–H groups in total. The summed E-state index contributed by atoms with van der Waals surface area (Å²) in [6.45, 7) is 0. The molecule has 108 valence electrons. The molecule has 0 fully saturated rings. The summed E-state index contributed by atoms with van der Waals surface area (Å²) in [5.74, 6) is -0.315. The fourth-order valence-corrected chi connectivity index (χ4v) is 3.58. The SMILES string of the molecule is CNC(Cc1ccc(F)cc1Cl)c1nc2ccccc2s1. The summed E-state index contributed by atoms with van der Waals surface area (Å²) >= 11 is 7.78. The number of benzene rings is 2. The fraction of sp³-hybridized carbons (Fsp3) is 0.188. The molecular formula is C16H14ClFN2S. The molecule has 0 saturated heterocycles. The number of aromatic nitrogens is 1. The number of likely N-dealkylation sites (N-methyl/N-ethyl adjacent to an activating group) is 1. The van der Waals surface area contributed by atoms with Gasteiger partial charge in [-0.05, 0) is 43.3 Å². The van der Waals surface area contributed by atoms with Crippen LogP contribution in [0.15, 0.2) is 42.5 Å². The van der Waals surface area contributed by atoms with Crippen LogP contribution >= 0.6 is 22.9 Å². The van der Waals surface area contributed by atoms with E-state index in [0.29, 0.717) is 11.4 Å². The van der Waals surface area contributed by atoms with Gasteiger partial charge in [0.15, 0.2) is 0 Å². The third-order valence-electron chi connectivity index (χ3n) is 3.40. The molecule has 2 aromatic carbocycles. The summed E-state index contributed by atoms with van der Waals surface area (Å²) in [7, 11) is 1.90. The lowest BCUT2D eigenvalue weighted by Crippen LogP contribution is -2.18. The predicted octanol–water partition coefficient (Wildman–Crippen LogP) is 4.59. The molecule has 1 atom stereocenters. The highest BCUT2D eigenvalue weighted by Crippen LogP contribution is 2.29. The number of rotatable bonds is 4. The minimum atomic E-state index is -0.315. The summed E-state index contributed by atoms with van der Waals surface area (Å²) in [4.78, 5) is 4.67. The van der Waals surface area contributed by atoms with E-state index in [0.717, 1.165) is 20.8 Å². The number of hydrogen-bond acceptors (Lipinski definition) is 3. The van der Waals surface area contributed by atoms with Gasteiger partial charge < -0.3 is 5.32 Å². The largest absolute Gasteiger partial charge is 0.311 e. The van der Waals surface area contributed by atoms with E-state index in [4.69, 9.17) is 11.6 Å². The lowest BCUT2D eigenvalue weighted by atomic mass is 10.1. The quantitative estimate of drug-likeness (QED) is 0.760. The van der Waals surface area contributed by atoms with E-state index < -0.39 is 0 Å². The summed E-state index contributed by atoms with van der Waals surface area (Å²) in [6, 6.07) is 12.6. The Kier molecular flexibility index (Phi) is 4.19. The molecule has 0 saturated carbocycles. The topological polar surface area (TPSA) is 24.9 Å². The molecule has 1 unspecified atom stereocenters. The van der Waals surface area contributed by atoms with Crippen molar-refractivity contribution in [3.05, 3.63) is 63.9 Å². The van der Waals surface area contributed by atoms with E-state index in [1.54, 1.807) is 17.4 Å². The Morgan fingerprint density at radius 1 is 1.29 bits per heavy atom. The van der Waals surface area contributed by atoms with E-state index >= 15 is 0 Å². The summed E-state index contributed by atoms with van der Waals surface area (Å²) in [5.41, 5.74) is 1.92. The molecule has 0 spiro atoms. The van der Waals surface area contributed by atoms with Crippen molar-refractivity contribution in [1.82, 2.24) is 10.3 Å². The lowest BCUT2D eigenvalue weighted by molar-refractivity contribution is 0.587. The van der Waals surface area contributed by atoms with Gasteiger partial charge in [0.25, 0.3) is 0 Å². The van der Waals surface area contributed by atoms with E-state index in [1.807, 2.05) is 25.2 Å². The molecule has 0 aliphatic carbocycles. The zero-order chi connectivity index (χ0) is 14.8. The van der Waals surface area contributed by atoms with Crippen molar-refractivity contribution in [2.24, 2.45) is 0 Å². The van der Waals surface area contributed by atoms with Crippen LogP contribution in [0.2, 0.25) is 5.02 Å². The van der Waals surface area contributed by atoms with Gasteiger partial charge in [0.05, 0.1) is 16.3 Å². The fourth-order valence-electron chi connectivity index (χ4n) is 2.26. The molecule has 3 rings (SSSR count). The van der Waals surface area contributed by atoms with Crippen LogP contribution in [0.3, 0.4) is 0 Å². The molecule has 21 heavy (non-hydrogen) atoms. The average molecular weight is 321 g/mol. The van der Waals surface area contributed by atoms with Crippen molar-refractivity contribution in [2.75, 3.05) is 7.05 Å². The van der Waals surface area contributed by atoms with Gasteiger partial charge in [0, 0.05) is 5.02 Å². The molecule has 0 aliphatic rings. The van der Waals surface area contributed by atoms with Crippen molar-refractivity contribution in [2.45, 2.75) is 12.5 Å². The number of thiazole rings is 1. The number of para-hydroxylation sites is 1. The van der Waals surface area contributed by atoms with Crippen molar-refractivity contribution in [3.8, 4) is 0 Å². The zero-order valence-electron chi connectivity index (χ0n) is 11.4. The molecule has 1 heterocycles. The van der Waals surface area contributed by atoms with Crippen LogP contribution in [0, 0.1) is 5.82 Å². The highest BCUT2D eigenvalue weighted by molar-refractivity contribution is 7.18. The van der Waals surface area contributed by atoms with E-state index in [2.05, 4.69) is 16.4 Å². The summed E-state index contributed by atoms with van der Waals surface area (Å²) < 4.78 is 14.3. The standard InChI is InChI=1S/C16H14ClFN2S/c1-19-14(8-10-6-7-11(18)9-12(10)17)16-20-13-4-2-3-5-15(13)21-16/h2-7,9,14,19H,8H2,1H3. The molecule has 0 aliphatic heterocycles. The molecule has 1 aromatic heterocycles. The maximum atomic E-state index is 13.1. The molecular weight excluding hydrogens is 307 g/mol. The maximum Gasteiger partial charge on any atom is 0.124 e. The van der Waals surface area contributed by atoms with E-state index in [1.165, 1.54) is 12.1 Å². The van der Waals surface area contributed by atoms with Crippen LogP contribution < -0.4 is 5.32 Å². The Morgan fingerprint density at radius 2 is 2.10 bits per heavy atom. The molecule has 3 aromatic rings. The Bertz CT molecular complexity index is 739. The van der Waals surface area contributed by atoms with Crippen LogP contribution in [0.5, 0.6) is 0 Å². The predicted molar refractivity (Wildman–Crippen MR) is 86.5 cm³/mol. The first-order chi connectivity index (χ1) is 10.2. The van der Waals surface area contributed by atoms with Crippen molar-refractivity contribution in [3.63, 3.8) is 0 Å². The van der Waals surface area contributed by atoms with Gasteiger partial charge in [-0.1, -0.05) is 29.8 Å². The zero-order valence-corrected chi connectivity index (χ0v) is 13.0. The first-order valence-electron chi connectivity index (χ1n) is 6.64. The molecule has 5 heteroatoms. The molecule has 0 amide bonds. The van der Waals surface area contributed by atoms with Gasteiger partial charge in [0.2, 0.25) is 0 Å². The molecule has 2 nitrogen and oxygen atoms in total. The molecule has 0 radical (unpaired) electrons. The number of nitrogens with one attached hydrogen (secondary N) is 1. The highest BCUT2D eigenvalue weighted by Gasteiger charge is 2.16. The lowest BCUT2D eigenvalue weighted by Gasteiger charge is -2.14. The second-order valence-corrected chi connectivity index (χ2v) is 6.27. The number of halogens is 2. The second kappa shape index (κ2) is 6.10. The smallest absolute Gasteiger partial charge is 0.124 e. The minimum absolute atomic E-state index is 0.0605. The van der Waals surface area contributed by atoms with Crippen molar-refractivity contribution < 1.29 is 4.39 Å². The highest BCUT2D eigenvalue weighted by atomic mass is 35.5. The average Bonchev–Trinajstić information content (AvgIpc) is 2.90.